The molecule has 2 aromatic rings. The monoisotopic (exact) mass is 385 g/mol. The Hall–Kier alpha value is -2.09. The third-order valence-corrected chi connectivity index (χ3v) is 5.37. The number of halogens is 3. The van der Waals surface area contributed by atoms with E-state index in [0.717, 1.165) is 30.1 Å². The van der Waals surface area contributed by atoms with Crippen molar-refractivity contribution in [3.05, 3.63) is 54.0 Å². The Bertz CT molecular complexity index is 734. The number of thioether (sulfide) groups is 1. The highest BCUT2D eigenvalue weighted by atomic mass is 32.2. The molecule has 0 N–H and O–H groups in total. The number of carbonyl (C=O) groups excluding carboxylic acids is 1. The maximum Gasteiger partial charge on any atom is 0.416 e. The predicted octanol–water partition coefficient (Wildman–Crippen LogP) is 4.38. The van der Waals surface area contributed by atoms with Crippen LogP contribution in [0.15, 0.2) is 47.1 Å². The van der Waals surface area contributed by atoms with Gasteiger partial charge in [-0.1, -0.05) is 6.07 Å². The molecule has 2 heterocycles. The number of hydrogen-bond acceptors (Lipinski definition) is 4. The van der Waals surface area contributed by atoms with Gasteiger partial charge < -0.3 is 14.1 Å². The molecule has 1 aliphatic rings. The standard InChI is InChI=1S/C18H18F3NO3S/c19-18(20,21)13-3-1-4-14(11-13)25-12-17(23)22-7-6-16(26-10-8-22)15-5-2-9-24-15/h1-5,9,11,16H,6-8,10,12H2/t16-/m1/s1. The maximum atomic E-state index is 12.7. The fourth-order valence-electron chi connectivity index (χ4n) is 2.72. The Balaban J connectivity index is 1.54. The van der Waals surface area contributed by atoms with E-state index in [4.69, 9.17) is 9.15 Å². The van der Waals surface area contributed by atoms with Crippen LogP contribution >= 0.6 is 11.8 Å². The van der Waals surface area contributed by atoms with Crippen molar-refractivity contribution in [3.8, 4) is 5.75 Å². The van der Waals surface area contributed by atoms with Crippen LogP contribution < -0.4 is 4.74 Å². The number of nitrogens with zero attached hydrogens (tertiary/aromatic N) is 1. The summed E-state index contributed by atoms with van der Waals surface area (Å²) in [5.41, 5.74) is -0.796. The van der Waals surface area contributed by atoms with Gasteiger partial charge in [-0.2, -0.15) is 13.2 Å². The molecule has 26 heavy (non-hydrogen) atoms. The molecule has 1 amide bonds. The van der Waals surface area contributed by atoms with Gasteiger partial charge in [-0.25, -0.2) is 0 Å². The topological polar surface area (TPSA) is 42.7 Å². The first-order valence-corrected chi connectivity index (χ1v) is 9.21. The quantitative estimate of drug-likeness (QED) is 0.783. The lowest BCUT2D eigenvalue weighted by Crippen LogP contribution is -2.36. The van der Waals surface area contributed by atoms with Crippen molar-refractivity contribution in [2.75, 3.05) is 25.4 Å². The van der Waals surface area contributed by atoms with Crippen molar-refractivity contribution in [2.45, 2.75) is 17.8 Å². The highest BCUT2D eigenvalue weighted by Crippen LogP contribution is 2.34. The molecular weight excluding hydrogens is 367 g/mol. The van der Waals surface area contributed by atoms with Crippen molar-refractivity contribution in [2.24, 2.45) is 0 Å². The smallest absolute Gasteiger partial charge is 0.416 e. The first kappa shape index (κ1) is 18.7. The highest BCUT2D eigenvalue weighted by Gasteiger charge is 2.30. The molecule has 1 atom stereocenters. The maximum absolute atomic E-state index is 12.7. The molecule has 1 saturated heterocycles. The third kappa shape index (κ3) is 4.75. The lowest BCUT2D eigenvalue weighted by atomic mass is 10.2. The minimum Gasteiger partial charge on any atom is -0.484 e. The van der Waals surface area contributed by atoms with E-state index >= 15 is 0 Å². The minimum atomic E-state index is -4.44. The van der Waals surface area contributed by atoms with Crippen LogP contribution in [-0.4, -0.2) is 36.3 Å². The van der Waals surface area contributed by atoms with E-state index in [-0.39, 0.29) is 23.5 Å². The molecule has 4 nitrogen and oxygen atoms in total. The molecule has 1 aromatic heterocycles. The summed E-state index contributed by atoms with van der Waals surface area (Å²) in [6, 6.07) is 8.30. The number of rotatable bonds is 4. The van der Waals surface area contributed by atoms with Crippen LogP contribution in [0.4, 0.5) is 13.2 Å². The minimum absolute atomic E-state index is 0.0332. The molecule has 0 aliphatic carbocycles. The van der Waals surface area contributed by atoms with Gasteiger partial charge in [0.05, 0.1) is 17.1 Å². The summed E-state index contributed by atoms with van der Waals surface area (Å²) in [7, 11) is 0. The van der Waals surface area contributed by atoms with E-state index in [1.807, 2.05) is 12.1 Å². The van der Waals surface area contributed by atoms with Crippen molar-refractivity contribution < 1.29 is 27.1 Å². The average Bonchev–Trinajstić information content (AvgIpc) is 3.04. The SMILES string of the molecule is O=C(COc1cccc(C(F)(F)F)c1)N1CCS[C@@H](c2ccco2)CC1. The van der Waals surface area contributed by atoms with Crippen molar-refractivity contribution in [3.63, 3.8) is 0 Å². The number of hydrogen-bond donors (Lipinski definition) is 0. The Morgan fingerprint density at radius 2 is 2.12 bits per heavy atom. The largest absolute Gasteiger partial charge is 0.484 e. The molecule has 0 bridgehead atoms. The molecule has 8 heteroatoms. The number of amides is 1. The zero-order valence-corrected chi connectivity index (χ0v) is 14.7. The van der Waals surface area contributed by atoms with Crippen LogP contribution in [0.5, 0.6) is 5.75 Å². The first-order chi connectivity index (χ1) is 12.4. The first-order valence-electron chi connectivity index (χ1n) is 8.16. The fourth-order valence-corrected chi connectivity index (χ4v) is 3.90. The molecule has 140 valence electrons. The van der Waals surface area contributed by atoms with E-state index in [0.29, 0.717) is 13.1 Å². The van der Waals surface area contributed by atoms with Crippen molar-refractivity contribution in [1.29, 1.82) is 0 Å². The summed E-state index contributed by atoms with van der Waals surface area (Å²) in [6.45, 7) is 0.854. The van der Waals surface area contributed by atoms with Gasteiger partial charge in [0.1, 0.15) is 11.5 Å². The Morgan fingerprint density at radius 3 is 2.85 bits per heavy atom. The van der Waals surface area contributed by atoms with Gasteiger partial charge in [-0.05, 0) is 36.8 Å². The van der Waals surface area contributed by atoms with Gasteiger partial charge in [0.2, 0.25) is 0 Å². The summed E-state index contributed by atoms with van der Waals surface area (Å²) in [5, 5.41) is 0.201. The zero-order chi connectivity index (χ0) is 18.6. The van der Waals surface area contributed by atoms with E-state index in [1.54, 1.807) is 22.9 Å². The van der Waals surface area contributed by atoms with E-state index in [9.17, 15) is 18.0 Å². The second-order valence-electron chi connectivity index (χ2n) is 5.86. The van der Waals surface area contributed by atoms with Gasteiger partial charge >= 0.3 is 6.18 Å². The summed E-state index contributed by atoms with van der Waals surface area (Å²) < 4.78 is 48.9. The summed E-state index contributed by atoms with van der Waals surface area (Å²) in [6.07, 6.45) is -2.05. The van der Waals surface area contributed by atoms with Crippen LogP contribution in [0, 0.1) is 0 Å². The number of carbonyl (C=O) groups is 1. The second kappa shape index (κ2) is 8.07. The normalized spacial score (nSPS) is 18.4. The Labute approximate surface area is 153 Å². The van der Waals surface area contributed by atoms with Crippen molar-refractivity contribution in [1.82, 2.24) is 4.90 Å². The predicted molar refractivity (Wildman–Crippen MR) is 92.0 cm³/mol. The average molecular weight is 385 g/mol. The highest BCUT2D eigenvalue weighted by molar-refractivity contribution is 7.99. The number of furan rings is 1. The van der Waals surface area contributed by atoms with E-state index < -0.39 is 11.7 Å². The fraction of sp³-hybridized carbons (Fsp3) is 0.389. The molecule has 1 fully saturated rings. The molecule has 0 unspecified atom stereocenters. The molecule has 1 aromatic carbocycles. The van der Waals surface area contributed by atoms with Gasteiger partial charge in [0, 0.05) is 18.8 Å². The van der Waals surface area contributed by atoms with Crippen LogP contribution in [0.3, 0.4) is 0 Å². The molecule has 0 spiro atoms. The lowest BCUT2D eigenvalue weighted by molar-refractivity contribution is -0.137. The Kier molecular flexibility index (Phi) is 5.80. The number of alkyl halides is 3. The molecular formula is C18H18F3NO3S. The van der Waals surface area contributed by atoms with Crippen molar-refractivity contribution >= 4 is 17.7 Å². The van der Waals surface area contributed by atoms with Gasteiger partial charge in [0.15, 0.2) is 6.61 Å². The zero-order valence-electron chi connectivity index (χ0n) is 13.9. The van der Waals surface area contributed by atoms with Gasteiger partial charge in [-0.15, -0.1) is 11.8 Å². The van der Waals surface area contributed by atoms with Crippen LogP contribution in [0.25, 0.3) is 0 Å². The molecule has 0 radical (unpaired) electrons. The van der Waals surface area contributed by atoms with Gasteiger partial charge in [0.25, 0.3) is 5.91 Å². The van der Waals surface area contributed by atoms with Crippen LogP contribution in [-0.2, 0) is 11.0 Å². The number of benzene rings is 1. The number of ether oxygens (including phenoxy) is 1. The van der Waals surface area contributed by atoms with Gasteiger partial charge in [-0.3, -0.25) is 4.79 Å². The Morgan fingerprint density at radius 1 is 1.27 bits per heavy atom. The molecule has 3 rings (SSSR count). The lowest BCUT2D eigenvalue weighted by Gasteiger charge is -2.20. The molecule has 0 saturated carbocycles. The second-order valence-corrected chi connectivity index (χ2v) is 7.17. The van der Waals surface area contributed by atoms with Crippen LogP contribution in [0.1, 0.15) is 23.0 Å². The van der Waals surface area contributed by atoms with E-state index in [2.05, 4.69) is 0 Å². The summed E-state index contributed by atoms with van der Waals surface area (Å²) in [4.78, 5) is 14.0. The summed E-state index contributed by atoms with van der Waals surface area (Å²) in [5.74, 6) is 1.46. The molecule has 1 aliphatic heterocycles. The van der Waals surface area contributed by atoms with E-state index in [1.165, 1.54) is 12.1 Å². The third-order valence-electron chi connectivity index (χ3n) is 4.08. The van der Waals surface area contributed by atoms with Crippen LogP contribution in [0.2, 0.25) is 0 Å². The summed E-state index contributed by atoms with van der Waals surface area (Å²) >= 11 is 1.73.